The van der Waals surface area contributed by atoms with Gasteiger partial charge in [-0.25, -0.2) is 0 Å². The third kappa shape index (κ3) is 3.67. The van der Waals surface area contributed by atoms with Gasteiger partial charge >= 0.3 is 0 Å². The Hall–Kier alpha value is -2.63. The summed E-state index contributed by atoms with van der Waals surface area (Å²) in [5.74, 6) is 0.884. The fraction of sp³-hybridized carbons (Fsp3) is 0.154. The minimum Gasteiger partial charge on any atom is -0.477 e. The van der Waals surface area contributed by atoms with Crippen molar-refractivity contribution in [2.45, 2.75) is 6.42 Å². The van der Waals surface area contributed by atoms with Crippen LogP contribution in [-0.2, 0) is 6.42 Å². The number of pyridine rings is 1. The number of rotatable bonds is 5. The zero-order valence-corrected chi connectivity index (χ0v) is 10.2. The molecule has 0 bridgehead atoms. The lowest BCUT2D eigenvalue weighted by molar-refractivity contribution is -0.384. The van der Waals surface area contributed by atoms with Crippen LogP contribution in [0.2, 0.25) is 0 Å². The standard InChI is InChI=1S/C13H13N3O3/c14-12-2-1-3-13(15-12)19-9-8-10-4-6-11(7-5-10)16(17)18/h1-7H,8-9H2,(H2,14,15). The van der Waals surface area contributed by atoms with Gasteiger partial charge in [0.2, 0.25) is 5.88 Å². The first-order valence-electron chi connectivity index (χ1n) is 5.74. The molecule has 2 rings (SSSR count). The average Bonchev–Trinajstić information content (AvgIpc) is 2.39. The molecule has 1 aromatic heterocycles. The predicted octanol–water partition coefficient (Wildman–Crippen LogP) is 2.19. The van der Waals surface area contributed by atoms with Gasteiger partial charge in [0.05, 0.1) is 11.5 Å². The molecule has 2 N–H and O–H groups in total. The lowest BCUT2D eigenvalue weighted by atomic mass is 10.1. The van der Waals surface area contributed by atoms with Crippen molar-refractivity contribution in [2.24, 2.45) is 0 Å². The summed E-state index contributed by atoms with van der Waals surface area (Å²) in [5.41, 5.74) is 6.58. The van der Waals surface area contributed by atoms with Crippen LogP contribution in [0.4, 0.5) is 11.5 Å². The fourth-order valence-corrected chi connectivity index (χ4v) is 1.57. The highest BCUT2D eigenvalue weighted by atomic mass is 16.6. The van der Waals surface area contributed by atoms with Crippen molar-refractivity contribution in [1.29, 1.82) is 0 Å². The van der Waals surface area contributed by atoms with E-state index in [1.165, 1.54) is 12.1 Å². The van der Waals surface area contributed by atoms with E-state index < -0.39 is 4.92 Å². The summed E-state index contributed by atoms with van der Waals surface area (Å²) in [4.78, 5) is 14.1. The molecule has 6 heteroatoms. The van der Waals surface area contributed by atoms with Crippen molar-refractivity contribution < 1.29 is 9.66 Å². The van der Waals surface area contributed by atoms with Crippen molar-refractivity contribution in [3.05, 3.63) is 58.1 Å². The number of nitrogens with zero attached hydrogens (tertiary/aromatic N) is 2. The monoisotopic (exact) mass is 259 g/mol. The summed E-state index contributed by atoms with van der Waals surface area (Å²) >= 11 is 0. The van der Waals surface area contributed by atoms with Crippen molar-refractivity contribution >= 4 is 11.5 Å². The Bertz CT molecular complexity index is 570. The molecule has 0 saturated heterocycles. The topological polar surface area (TPSA) is 91.3 Å². The van der Waals surface area contributed by atoms with Crippen LogP contribution in [0.15, 0.2) is 42.5 Å². The Morgan fingerprint density at radius 1 is 1.21 bits per heavy atom. The van der Waals surface area contributed by atoms with Gasteiger partial charge in [-0.05, 0) is 11.6 Å². The van der Waals surface area contributed by atoms with E-state index >= 15 is 0 Å². The summed E-state index contributed by atoms with van der Waals surface area (Å²) in [6, 6.07) is 11.6. The molecule has 19 heavy (non-hydrogen) atoms. The van der Waals surface area contributed by atoms with Crippen LogP contribution >= 0.6 is 0 Å². The number of nitro groups is 1. The van der Waals surface area contributed by atoms with E-state index in [1.807, 2.05) is 0 Å². The first kappa shape index (κ1) is 12.8. The maximum absolute atomic E-state index is 10.5. The lowest BCUT2D eigenvalue weighted by Crippen LogP contribution is -2.03. The van der Waals surface area contributed by atoms with Crippen LogP contribution in [0.3, 0.4) is 0 Å². The normalized spacial score (nSPS) is 10.1. The minimum atomic E-state index is -0.420. The summed E-state index contributed by atoms with van der Waals surface area (Å²) in [6.45, 7) is 0.439. The second-order valence-electron chi connectivity index (χ2n) is 3.92. The van der Waals surface area contributed by atoms with Gasteiger partial charge in [0.15, 0.2) is 0 Å². The Kier molecular flexibility index (Phi) is 3.92. The molecule has 0 saturated carbocycles. The number of nitrogens with two attached hydrogens (primary N) is 1. The Balaban J connectivity index is 1.87. The predicted molar refractivity (Wildman–Crippen MR) is 70.9 cm³/mol. The van der Waals surface area contributed by atoms with Crippen molar-refractivity contribution in [3.8, 4) is 5.88 Å². The summed E-state index contributed by atoms with van der Waals surface area (Å²) in [5, 5.41) is 10.5. The molecule has 6 nitrogen and oxygen atoms in total. The zero-order chi connectivity index (χ0) is 13.7. The number of non-ortho nitro benzene ring substituents is 1. The van der Waals surface area contributed by atoms with E-state index in [2.05, 4.69) is 4.98 Å². The highest BCUT2D eigenvalue weighted by Gasteiger charge is 2.04. The van der Waals surface area contributed by atoms with E-state index in [1.54, 1.807) is 30.3 Å². The largest absolute Gasteiger partial charge is 0.477 e. The highest BCUT2D eigenvalue weighted by Crippen LogP contribution is 2.13. The highest BCUT2D eigenvalue weighted by molar-refractivity contribution is 5.33. The second kappa shape index (κ2) is 5.81. The maximum Gasteiger partial charge on any atom is 0.269 e. The van der Waals surface area contributed by atoms with Gasteiger partial charge in [-0.3, -0.25) is 10.1 Å². The number of nitro benzene ring substituents is 1. The number of aromatic nitrogens is 1. The third-order valence-corrected chi connectivity index (χ3v) is 2.53. The Labute approximate surface area is 110 Å². The molecule has 0 atom stereocenters. The van der Waals surface area contributed by atoms with Gasteiger partial charge in [0, 0.05) is 24.6 Å². The third-order valence-electron chi connectivity index (χ3n) is 2.53. The summed E-state index contributed by atoms with van der Waals surface area (Å²) < 4.78 is 5.44. The second-order valence-corrected chi connectivity index (χ2v) is 3.92. The van der Waals surface area contributed by atoms with Crippen molar-refractivity contribution in [2.75, 3.05) is 12.3 Å². The van der Waals surface area contributed by atoms with Gasteiger partial charge in [-0.15, -0.1) is 0 Å². The number of hydrogen-bond acceptors (Lipinski definition) is 5. The number of anilines is 1. The van der Waals surface area contributed by atoms with E-state index in [-0.39, 0.29) is 5.69 Å². The van der Waals surface area contributed by atoms with Gasteiger partial charge < -0.3 is 10.5 Å². The summed E-state index contributed by atoms with van der Waals surface area (Å²) in [7, 11) is 0. The molecule has 2 aromatic rings. The first-order valence-corrected chi connectivity index (χ1v) is 5.74. The molecule has 0 amide bonds. The molecule has 0 radical (unpaired) electrons. The number of hydrogen-bond donors (Lipinski definition) is 1. The van der Waals surface area contributed by atoms with Crippen LogP contribution < -0.4 is 10.5 Å². The number of ether oxygens (including phenoxy) is 1. The average molecular weight is 259 g/mol. The number of benzene rings is 1. The fourth-order valence-electron chi connectivity index (χ4n) is 1.57. The molecule has 0 aliphatic heterocycles. The van der Waals surface area contributed by atoms with E-state index in [9.17, 15) is 10.1 Å². The molecule has 98 valence electrons. The molecule has 1 aromatic carbocycles. The molecule has 0 spiro atoms. The van der Waals surface area contributed by atoms with Gasteiger partial charge in [0.25, 0.3) is 5.69 Å². The number of nitrogen functional groups attached to an aromatic ring is 1. The molecule has 1 heterocycles. The molecule has 0 fully saturated rings. The molecule has 0 aliphatic rings. The van der Waals surface area contributed by atoms with Crippen LogP contribution in [0, 0.1) is 10.1 Å². The SMILES string of the molecule is Nc1cccc(OCCc2ccc([N+](=O)[O-])cc2)n1. The van der Waals surface area contributed by atoms with Crippen molar-refractivity contribution in [3.63, 3.8) is 0 Å². The zero-order valence-electron chi connectivity index (χ0n) is 10.2. The molecule has 0 unspecified atom stereocenters. The molecular weight excluding hydrogens is 246 g/mol. The van der Waals surface area contributed by atoms with Crippen LogP contribution in [0.5, 0.6) is 5.88 Å². The minimum absolute atomic E-state index is 0.0853. The molecular formula is C13H13N3O3. The van der Waals surface area contributed by atoms with Crippen LogP contribution in [0.25, 0.3) is 0 Å². The van der Waals surface area contributed by atoms with Crippen molar-refractivity contribution in [1.82, 2.24) is 4.98 Å². The smallest absolute Gasteiger partial charge is 0.269 e. The van der Waals surface area contributed by atoms with Gasteiger partial charge in [0.1, 0.15) is 5.82 Å². The summed E-state index contributed by atoms with van der Waals surface area (Å²) in [6.07, 6.45) is 0.647. The quantitative estimate of drug-likeness (QED) is 0.656. The Morgan fingerprint density at radius 2 is 1.95 bits per heavy atom. The maximum atomic E-state index is 10.5. The Morgan fingerprint density at radius 3 is 2.58 bits per heavy atom. The van der Waals surface area contributed by atoms with Crippen LogP contribution in [0.1, 0.15) is 5.56 Å². The lowest BCUT2D eigenvalue weighted by Gasteiger charge is -2.05. The van der Waals surface area contributed by atoms with E-state index in [4.69, 9.17) is 10.5 Å². The van der Waals surface area contributed by atoms with E-state index in [0.29, 0.717) is 24.7 Å². The van der Waals surface area contributed by atoms with Gasteiger partial charge in [-0.1, -0.05) is 18.2 Å². The van der Waals surface area contributed by atoms with E-state index in [0.717, 1.165) is 5.56 Å². The first-order chi connectivity index (χ1) is 9.15. The van der Waals surface area contributed by atoms with Gasteiger partial charge in [-0.2, -0.15) is 4.98 Å². The van der Waals surface area contributed by atoms with Crippen LogP contribution in [-0.4, -0.2) is 16.5 Å². The molecule has 0 aliphatic carbocycles.